The summed E-state index contributed by atoms with van der Waals surface area (Å²) >= 11 is 6.00. The van der Waals surface area contributed by atoms with Gasteiger partial charge in [-0.15, -0.1) is 0 Å². The fraction of sp³-hybridized carbons (Fsp3) is 0.619. The average molecular weight is 443 g/mol. The summed E-state index contributed by atoms with van der Waals surface area (Å²) in [6, 6.07) is 4.61. The van der Waals surface area contributed by atoms with E-state index in [2.05, 4.69) is 20.4 Å². The van der Waals surface area contributed by atoms with Crippen molar-refractivity contribution in [3.05, 3.63) is 28.8 Å². The number of rotatable bonds is 6. The van der Waals surface area contributed by atoms with E-state index in [0.29, 0.717) is 23.1 Å². The smallest absolute Gasteiger partial charge is 0.387 e. The first-order valence-electron chi connectivity index (χ1n) is 10.5. The maximum atomic E-state index is 12.7. The van der Waals surface area contributed by atoms with E-state index >= 15 is 0 Å². The Labute approximate surface area is 181 Å². The summed E-state index contributed by atoms with van der Waals surface area (Å²) < 4.78 is 29.8. The number of hydrogen-bond acceptors (Lipinski definition) is 3. The summed E-state index contributed by atoms with van der Waals surface area (Å²) in [7, 11) is 1.64. The second-order valence-corrected chi connectivity index (χ2v) is 8.24. The molecule has 2 aliphatic rings. The van der Waals surface area contributed by atoms with E-state index in [0.717, 1.165) is 38.6 Å². The van der Waals surface area contributed by atoms with Gasteiger partial charge in [-0.2, -0.15) is 8.78 Å². The molecule has 0 radical (unpaired) electrons. The molecule has 0 aromatic heterocycles. The van der Waals surface area contributed by atoms with Gasteiger partial charge in [-0.25, -0.2) is 0 Å². The maximum Gasteiger partial charge on any atom is 0.387 e. The van der Waals surface area contributed by atoms with Crippen LogP contribution >= 0.6 is 11.6 Å². The van der Waals surface area contributed by atoms with Gasteiger partial charge < -0.3 is 20.3 Å². The van der Waals surface area contributed by atoms with Crippen molar-refractivity contribution in [2.24, 2.45) is 10.9 Å². The highest BCUT2D eigenvalue weighted by Gasteiger charge is 2.31. The van der Waals surface area contributed by atoms with Crippen LogP contribution < -0.4 is 15.4 Å². The first-order chi connectivity index (χ1) is 14.5. The second kappa shape index (κ2) is 10.8. The zero-order chi connectivity index (χ0) is 21.5. The Hall–Kier alpha value is -2.09. The highest BCUT2D eigenvalue weighted by Crippen LogP contribution is 2.27. The zero-order valence-corrected chi connectivity index (χ0v) is 17.9. The molecule has 1 atom stereocenters. The topological polar surface area (TPSA) is 66.0 Å². The van der Waals surface area contributed by atoms with Gasteiger partial charge in [0.1, 0.15) is 5.75 Å². The number of benzene rings is 1. The van der Waals surface area contributed by atoms with Gasteiger partial charge in [0.05, 0.1) is 0 Å². The molecular formula is C21H29ClF2N4O2. The quantitative estimate of drug-likeness (QED) is 0.519. The van der Waals surface area contributed by atoms with Gasteiger partial charge in [-0.3, -0.25) is 9.79 Å². The maximum absolute atomic E-state index is 12.7. The highest BCUT2D eigenvalue weighted by molar-refractivity contribution is 6.30. The number of halogens is 3. The van der Waals surface area contributed by atoms with Crippen LogP contribution in [0.5, 0.6) is 5.75 Å². The Bertz CT molecular complexity index is 757. The molecule has 1 unspecified atom stereocenters. The average Bonchev–Trinajstić information content (AvgIpc) is 3.21. The summed E-state index contributed by atoms with van der Waals surface area (Å²) in [4.78, 5) is 18.9. The molecular weight excluding hydrogens is 414 g/mol. The lowest BCUT2D eigenvalue weighted by Gasteiger charge is -2.26. The number of guanidine groups is 1. The van der Waals surface area contributed by atoms with Crippen molar-refractivity contribution in [2.45, 2.75) is 57.7 Å². The molecule has 1 aliphatic heterocycles. The van der Waals surface area contributed by atoms with Crippen molar-refractivity contribution in [3.63, 3.8) is 0 Å². The van der Waals surface area contributed by atoms with Crippen molar-refractivity contribution in [1.29, 1.82) is 0 Å². The molecule has 1 aromatic carbocycles. The molecule has 30 heavy (non-hydrogen) atoms. The second-order valence-electron chi connectivity index (χ2n) is 7.81. The Morgan fingerprint density at radius 1 is 1.30 bits per heavy atom. The Morgan fingerprint density at radius 3 is 2.77 bits per heavy atom. The Balaban J connectivity index is 1.52. The number of carbonyl (C=O) groups is 1. The largest absolute Gasteiger partial charge is 0.434 e. The lowest BCUT2D eigenvalue weighted by Crippen LogP contribution is -2.45. The van der Waals surface area contributed by atoms with Gasteiger partial charge >= 0.3 is 6.61 Å². The number of amides is 1. The van der Waals surface area contributed by atoms with E-state index in [1.54, 1.807) is 13.1 Å². The van der Waals surface area contributed by atoms with Gasteiger partial charge in [-0.05, 0) is 37.5 Å². The van der Waals surface area contributed by atoms with Crippen LogP contribution in [0.3, 0.4) is 0 Å². The molecule has 1 aliphatic carbocycles. The third-order valence-corrected chi connectivity index (χ3v) is 5.94. The first-order valence-corrected chi connectivity index (χ1v) is 10.8. The van der Waals surface area contributed by atoms with Crippen molar-refractivity contribution in [3.8, 4) is 5.75 Å². The molecule has 1 heterocycles. The molecule has 9 heteroatoms. The van der Waals surface area contributed by atoms with Gasteiger partial charge in [0, 0.05) is 49.2 Å². The molecule has 1 amide bonds. The summed E-state index contributed by atoms with van der Waals surface area (Å²) in [5, 5.41) is 6.87. The lowest BCUT2D eigenvalue weighted by molar-refractivity contribution is -0.135. The highest BCUT2D eigenvalue weighted by atomic mass is 35.5. The van der Waals surface area contributed by atoms with Crippen LogP contribution in [0, 0.1) is 5.92 Å². The van der Waals surface area contributed by atoms with Crippen LogP contribution in [0.4, 0.5) is 8.78 Å². The Morgan fingerprint density at radius 2 is 2.07 bits per heavy atom. The predicted octanol–water partition coefficient (Wildman–Crippen LogP) is 3.79. The standard InChI is InChI=1S/C21H29ClF2N4O2/c1-25-21(26-12-15-11-16(22)7-8-18(15)30-20(23)24)27-17-9-10-28(13-17)19(29)14-5-3-2-4-6-14/h7-8,11,14,17,20H,2-6,9-10,12-13H2,1H3,(H2,25,26,27). The van der Waals surface area contributed by atoms with E-state index in [1.807, 2.05) is 4.90 Å². The fourth-order valence-corrected chi connectivity index (χ4v) is 4.34. The minimum absolute atomic E-state index is 0.0717. The molecule has 0 spiro atoms. The van der Waals surface area contributed by atoms with E-state index in [4.69, 9.17) is 11.6 Å². The van der Waals surface area contributed by atoms with Crippen LogP contribution in [-0.2, 0) is 11.3 Å². The normalized spacial score (nSPS) is 20.5. The number of likely N-dealkylation sites (tertiary alicyclic amines) is 1. The predicted molar refractivity (Wildman–Crippen MR) is 113 cm³/mol. The minimum Gasteiger partial charge on any atom is -0.434 e. The molecule has 166 valence electrons. The molecule has 3 rings (SSSR count). The number of nitrogens with zero attached hydrogens (tertiary/aromatic N) is 2. The van der Waals surface area contributed by atoms with Gasteiger partial charge in [-0.1, -0.05) is 30.9 Å². The molecule has 0 bridgehead atoms. The van der Waals surface area contributed by atoms with E-state index < -0.39 is 6.61 Å². The van der Waals surface area contributed by atoms with Crippen molar-refractivity contribution >= 4 is 23.5 Å². The summed E-state index contributed by atoms with van der Waals surface area (Å²) in [6.07, 6.45) is 6.35. The minimum atomic E-state index is -2.91. The van der Waals surface area contributed by atoms with Crippen molar-refractivity contribution in [1.82, 2.24) is 15.5 Å². The molecule has 6 nitrogen and oxygen atoms in total. The number of aliphatic imine (C=N–C) groups is 1. The zero-order valence-electron chi connectivity index (χ0n) is 17.2. The molecule has 2 fully saturated rings. The third-order valence-electron chi connectivity index (χ3n) is 5.70. The fourth-order valence-electron chi connectivity index (χ4n) is 4.15. The number of hydrogen-bond donors (Lipinski definition) is 2. The SMILES string of the molecule is CN=C(NCc1cc(Cl)ccc1OC(F)F)NC1CCN(C(=O)C2CCCCC2)C1. The van der Waals surface area contributed by atoms with Crippen LogP contribution in [0.1, 0.15) is 44.1 Å². The number of alkyl halides is 2. The summed E-state index contributed by atoms with van der Waals surface area (Å²) in [5.74, 6) is 1.05. The molecule has 1 saturated heterocycles. The van der Waals surface area contributed by atoms with Crippen LogP contribution in [-0.4, -0.2) is 49.6 Å². The first kappa shape index (κ1) is 22.6. The molecule has 2 N–H and O–H groups in total. The number of nitrogens with one attached hydrogen (secondary N) is 2. The monoisotopic (exact) mass is 442 g/mol. The van der Waals surface area contributed by atoms with E-state index in [1.165, 1.54) is 18.6 Å². The molecule has 1 saturated carbocycles. The van der Waals surface area contributed by atoms with Gasteiger partial charge in [0.2, 0.25) is 5.91 Å². The summed E-state index contributed by atoms with van der Waals surface area (Å²) in [6.45, 7) is -1.30. The Kier molecular flexibility index (Phi) is 8.13. The third kappa shape index (κ3) is 6.20. The van der Waals surface area contributed by atoms with Crippen LogP contribution in [0.25, 0.3) is 0 Å². The van der Waals surface area contributed by atoms with E-state index in [9.17, 15) is 13.6 Å². The van der Waals surface area contributed by atoms with Crippen LogP contribution in [0.2, 0.25) is 5.02 Å². The van der Waals surface area contributed by atoms with Gasteiger partial charge in [0.15, 0.2) is 5.96 Å². The number of carbonyl (C=O) groups excluding carboxylic acids is 1. The number of ether oxygens (including phenoxy) is 1. The van der Waals surface area contributed by atoms with E-state index in [-0.39, 0.29) is 30.2 Å². The van der Waals surface area contributed by atoms with Crippen molar-refractivity contribution < 1.29 is 18.3 Å². The molecule has 1 aromatic rings. The van der Waals surface area contributed by atoms with Gasteiger partial charge in [0.25, 0.3) is 0 Å². The summed E-state index contributed by atoms with van der Waals surface area (Å²) in [5.41, 5.74) is 0.506. The van der Waals surface area contributed by atoms with Crippen molar-refractivity contribution in [2.75, 3.05) is 20.1 Å². The van der Waals surface area contributed by atoms with Crippen LogP contribution in [0.15, 0.2) is 23.2 Å². The lowest BCUT2D eigenvalue weighted by atomic mass is 9.88.